The first-order valence-electron chi connectivity index (χ1n) is 9.33. The zero-order valence-corrected chi connectivity index (χ0v) is 15.2. The van der Waals surface area contributed by atoms with E-state index >= 15 is 0 Å². The number of nitrogens with zero attached hydrogens (tertiary/aromatic N) is 2. The molecule has 1 unspecified atom stereocenters. The second kappa shape index (κ2) is 9.26. The van der Waals surface area contributed by atoms with E-state index in [1.165, 1.54) is 6.07 Å². The van der Waals surface area contributed by atoms with Crippen LogP contribution in [0.15, 0.2) is 48.8 Å². The molecular formula is C21H24FN3O2. The fourth-order valence-electron chi connectivity index (χ4n) is 3.43. The van der Waals surface area contributed by atoms with Crippen LogP contribution in [0.1, 0.15) is 31.2 Å². The van der Waals surface area contributed by atoms with Gasteiger partial charge in [0, 0.05) is 31.9 Å². The normalized spacial score (nSPS) is 16.8. The van der Waals surface area contributed by atoms with Crippen LogP contribution >= 0.6 is 0 Å². The van der Waals surface area contributed by atoms with E-state index < -0.39 is 5.82 Å². The van der Waals surface area contributed by atoms with Crippen LogP contribution in [0.25, 0.3) is 0 Å². The molecular weight excluding hydrogens is 345 g/mol. The topological polar surface area (TPSA) is 62.3 Å². The van der Waals surface area contributed by atoms with Gasteiger partial charge in [-0.1, -0.05) is 18.2 Å². The summed E-state index contributed by atoms with van der Waals surface area (Å²) in [6.07, 6.45) is 6.72. The smallest absolute Gasteiger partial charge is 0.227 e. The summed E-state index contributed by atoms with van der Waals surface area (Å²) in [5, 5.41) is 2.62. The Kier molecular flexibility index (Phi) is 6.52. The maximum Gasteiger partial charge on any atom is 0.227 e. The number of carbonyl (C=O) groups excluding carboxylic acids is 2. The van der Waals surface area contributed by atoms with Crippen molar-refractivity contribution < 1.29 is 14.0 Å². The van der Waals surface area contributed by atoms with Gasteiger partial charge in [-0.2, -0.15) is 0 Å². The maximum atomic E-state index is 13.6. The summed E-state index contributed by atoms with van der Waals surface area (Å²) in [7, 11) is 0. The summed E-state index contributed by atoms with van der Waals surface area (Å²) in [4.78, 5) is 30.5. The standard InChI is InChI=1S/C21H24FN3O2/c22-18-7-1-2-8-19(18)24-20(26)10-9-16-6-4-12-25(15-16)21(27)13-17-5-3-11-23-14-17/h1-3,5,7-8,11,14,16H,4,6,9-10,12-13,15H2,(H,24,26). The van der Waals surface area contributed by atoms with Crippen molar-refractivity contribution in [3.8, 4) is 0 Å². The molecule has 1 aromatic heterocycles. The molecule has 3 rings (SSSR count). The first-order valence-corrected chi connectivity index (χ1v) is 9.33. The minimum Gasteiger partial charge on any atom is -0.342 e. The zero-order valence-electron chi connectivity index (χ0n) is 15.2. The van der Waals surface area contributed by atoms with Gasteiger partial charge in [0.05, 0.1) is 12.1 Å². The molecule has 1 saturated heterocycles. The highest BCUT2D eigenvalue weighted by Gasteiger charge is 2.24. The van der Waals surface area contributed by atoms with Crippen molar-refractivity contribution in [1.82, 2.24) is 9.88 Å². The molecule has 1 aromatic carbocycles. The quantitative estimate of drug-likeness (QED) is 0.849. The molecule has 2 amide bonds. The SMILES string of the molecule is O=C(CCC1CCCN(C(=O)Cc2cccnc2)C1)Nc1ccccc1F. The Labute approximate surface area is 158 Å². The lowest BCUT2D eigenvalue weighted by Crippen LogP contribution is -2.40. The number of amides is 2. The molecule has 1 fully saturated rings. The summed E-state index contributed by atoms with van der Waals surface area (Å²) in [6, 6.07) is 9.88. The van der Waals surface area contributed by atoms with Crippen molar-refractivity contribution in [3.63, 3.8) is 0 Å². The van der Waals surface area contributed by atoms with E-state index in [-0.39, 0.29) is 17.5 Å². The average molecular weight is 369 g/mol. The summed E-state index contributed by atoms with van der Waals surface area (Å²) in [5.41, 5.74) is 1.12. The molecule has 1 N–H and O–H groups in total. The molecule has 5 nitrogen and oxygen atoms in total. The number of anilines is 1. The number of halogens is 1. The van der Waals surface area contributed by atoms with Gasteiger partial charge in [0.2, 0.25) is 11.8 Å². The largest absolute Gasteiger partial charge is 0.342 e. The van der Waals surface area contributed by atoms with Crippen LogP contribution < -0.4 is 5.32 Å². The van der Waals surface area contributed by atoms with Crippen molar-refractivity contribution in [1.29, 1.82) is 0 Å². The van der Waals surface area contributed by atoms with Crippen LogP contribution in [0.3, 0.4) is 0 Å². The Morgan fingerprint density at radius 2 is 2.07 bits per heavy atom. The number of piperidine rings is 1. The van der Waals surface area contributed by atoms with E-state index in [0.29, 0.717) is 31.7 Å². The third kappa shape index (κ3) is 5.61. The summed E-state index contributed by atoms with van der Waals surface area (Å²) < 4.78 is 13.6. The van der Waals surface area contributed by atoms with Crippen LogP contribution in [0.5, 0.6) is 0 Å². The number of nitrogens with one attached hydrogen (secondary N) is 1. The Bertz CT molecular complexity index is 782. The third-order valence-electron chi connectivity index (χ3n) is 4.88. The predicted octanol–water partition coefficient (Wildman–Crippen LogP) is 3.42. The highest BCUT2D eigenvalue weighted by Crippen LogP contribution is 2.22. The lowest BCUT2D eigenvalue weighted by atomic mass is 9.93. The fourth-order valence-corrected chi connectivity index (χ4v) is 3.43. The van der Waals surface area contributed by atoms with Crippen LogP contribution in [-0.4, -0.2) is 34.8 Å². The van der Waals surface area contributed by atoms with Crippen LogP contribution in [0.4, 0.5) is 10.1 Å². The Balaban J connectivity index is 1.46. The van der Waals surface area contributed by atoms with Gasteiger partial charge in [-0.3, -0.25) is 14.6 Å². The molecule has 27 heavy (non-hydrogen) atoms. The van der Waals surface area contributed by atoms with Crippen LogP contribution in [-0.2, 0) is 16.0 Å². The number of hydrogen-bond donors (Lipinski definition) is 1. The highest BCUT2D eigenvalue weighted by atomic mass is 19.1. The number of benzene rings is 1. The molecule has 1 aliphatic heterocycles. The van der Waals surface area contributed by atoms with E-state index in [9.17, 15) is 14.0 Å². The minimum atomic E-state index is -0.435. The average Bonchev–Trinajstić information content (AvgIpc) is 2.69. The van der Waals surface area contributed by atoms with Gasteiger partial charge in [-0.15, -0.1) is 0 Å². The molecule has 0 aliphatic carbocycles. The first kappa shape index (κ1) is 19.0. The van der Waals surface area contributed by atoms with Crippen molar-refractivity contribution in [2.24, 2.45) is 5.92 Å². The predicted molar refractivity (Wildman–Crippen MR) is 102 cm³/mol. The lowest BCUT2D eigenvalue weighted by molar-refractivity contribution is -0.132. The molecule has 0 saturated carbocycles. The molecule has 1 atom stereocenters. The molecule has 2 heterocycles. The molecule has 0 spiro atoms. The van der Waals surface area contributed by atoms with E-state index in [1.54, 1.807) is 30.6 Å². The van der Waals surface area contributed by atoms with Crippen LogP contribution in [0.2, 0.25) is 0 Å². The van der Waals surface area contributed by atoms with Gasteiger partial charge >= 0.3 is 0 Å². The van der Waals surface area contributed by atoms with Gasteiger partial charge in [-0.05, 0) is 48.9 Å². The van der Waals surface area contributed by atoms with Gasteiger partial charge in [-0.25, -0.2) is 4.39 Å². The highest BCUT2D eigenvalue weighted by molar-refractivity contribution is 5.90. The number of likely N-dealkylation sites (tertiary alicyclic amines) is 1. The Morgan fingerprint density at radius 3 is 2.85 bits per heavy atom. The van der Waals surface area contributed by atoms with Gasteiger partial charge < -0.3 is 10.2 Å². The Morgan fingerprint density at radius 1 is 1.22 bits per heavy atom. The van der Waals surface area contributed by atoms with Crippen LogP contribution in [0, 0.1) is 11.7 Å². The third-order valence-corrected chi connectivity index (χ3v) is 4.88. The molecule has 2 aromatic rings. The number of para-hydroxylation sites is 1. The fraction of sp³-hybridized carbons (Fsp3) is 0.381. The van der Waals surface area contributed by atoms with E-state index in [2.05, 4.69) is 10.3 Å². The second-order valence-electron chi connectivity index (χ2n) is 6.95. The monoisotopic (exact) mass is 369 g/mol. The van der Waals surface area contributed by atoms with Gasteiger partial charge in [0.15, 0.2) is 0 Å². The number of aromatic nitrogens is 1. The van der Waals surface area contributed by atoms with Crippen molar-refractivity contribution in [3.05, 3.63) is 60.2 Å². The summed E-state index contributed by atoms with van der Waals surface area (Å²) in [5.74, 6) is -0.235. The first-order chi connectivity index (χ1) is 13.1. The van der Waals surface area contributed by atoms with E-state index in [1.807, 2.05) is 17.0 Å². The number of pyridine rings is 1. The number of rotatable bonds is 6. The molecule has 6 heteroatoms. The number of carbonyl (C=O) groups is 2. The number of hydrogen-bond acceptors (Lipinski definition) is 3. The van der Waals surface area contributed by atoms with Gasteiger partial charge in [0.25, 0.3) is 0 Å². The zero-order chi connectivity index (χ0) is 19.1. The van der Waals surface area contributed by atoms with Crippen molar-refractivity contribution in [2.45, 2.75) is 32.1 Å². The molecule has 1 aliphatic rings. The lowest BCUT2D eigenvalue weighted by Gasteiger charge is -2.33. The summed E-state index contributed by atoms with van der Waals surface area (Å²) in [6.45, 7) is 1.43. The Hall–Kier alpha value is -2.76. The van der Waals surface area contributed by atoms with E-state index in [4.69, 9.17) is 0 Å². The maximum absolute atomic E-state index is 13.6. The van der Waals surface area contributed by atoms with Gasteiger partial charge in [0.1, 0.15) is 5.82 Å². The second-order valence-corrected chi connectivity index (χ2v) is 6.95. The summed E-state index contributed by atoms with van der Waals surface area (Å²) >= 11 is 0. The van der Waals surface area contributed by atoms with E-state index in [0.717, 1.165) is 24.9 Å². The molecule has 0 bridgehead atoms. The molecule has 0 radical (unpaired) electrons. The molecule has 142 valence electrons. The van der Waals surface area contributed by atoms with Crippen molar-refractivity contribution >= 4 is 17.5 Å². The van der Waals surface area contributed by atoms with Crippen molar-refractivity contribution in [2.75, 3.05) is 18.4 Å². The minimum absolute atomic E-state index is 0.100.